The van der Waals surface area contributed by atoms with E-state index in [1.807, 2.05) is 13.8 Å². The highest BCUT2D eigenvalue weighted by atomic mass is 19.1. The molecule has 2 aliphatic heterocycles. The summed E-state index contributed by atoms with van der Waals surface area (Å²) < 4.78 is 20.0. The van der Waals surface area contributed by atoms with E-state index in [1.165, 1.54) is 24.5 Å². The molecule has 0 saturated carbocycles. The first-order valence-corrected chi connectivity index (χ1v) is 9.89. The molecular weight excluding hydrogens is 373 g/mol. The Morgan fingerprint density at radius 3 is 2.79 bits per heavy atom. The number of carbonyl (C=O) groups is 1. The number of rotatable bonds is 5. The van der Waals surface area contributed by atoms with E-state index < -0.39 is 5.82 Å². The quantitative estimate of drug-likeness (QED) is 0.834. The predicted molar refractivity (Wildman–Crippen MR) is 108 cm³/mol. The van der Waals surface area contributed by atoms with Crippen LogP contribution in [0.5, 0.6) is 11.5 Å². The van der Waals surface area contributed by atoms with Crippen molar-refractivity contribution >= 4 is 11.7 Å². The van der Waals surface area contributed by atoms with Crippen LogP contribution in [0.2, 0.25) is 0 Å². The number of nitrogens with one attached hydrogen (secondary N) is 1. The van der Waals surface area contributed by atoms with Crippen molar-refractivity contribution in [3.05, 3.63) is 42.1 Å². The Morgan fingerprint density at radius 1 is 1.34 bits per heavy atom. The van der Waals surface area contributed by atoms with E-state index in [4.69, 9.17) is 4.74 Å². The molecule has 0 radical (unpaired) electrons. The van der Waals surface area contributed by atoms with Crippen LogP contribution in [0.25, 0.3) is 0 Å². The second kappa shape index (κ2) is 7.59. The average Bonchev–Trinajstić information content (AvgIpc) is 3.14. The molecule has 2 saturated heterocycles. The standard InChI is InChI=1S/C21H26FN5O2/c1-14(2)26(3)20(28)16-8-15(22)4-5-17(16)29-18-9-23-13-25-19(18)27-7-6-21(12-27)10-24-11-21/h4-5,8-9,13-14,24H,6-7,10-12H2,1-3H3. The van der Waals surface area contributed by atoms with Crippen molar-refractivity contribution in [2.75, 3.05) is 38.1 Å². The third kappa shape index (κ3) is 3.76. The van der Waals surface area contributed by atoms with Crippen molar-refractivity contribution in [3.63, 3.8) is 0 Å². The third-order valence-electron chi connectivity index (χ3n) is 5.88. The molecule has 154 valence electrons. The molecule has 2 aliphatic rings. The van der Waals surface area contributed by atoms with E-state index in [1.54, 1.807) is 18.1 Å². The van der Waals surface area contributed by atoms with Gasteiger partial charge >= 0.3 is 0 Å². The number of hydrogen-bond donors (Lipinski definition) is 1. The summed E-state index contributed by atoms with van der Waals surface area (Å²) in [6.45, 7) is 7.63. The summed E-state index contributed by atoms with van der Waals surface area (Å²) >= 11 is 0. The molecule has 1 aromatic carbocycles. The monoisotopic (exact) mass is 399 g/mol. The van der Waals surface area contributed by atoms with Crippen LogP contribution >= 0.6 is 0 Å². The second-order valence-electron chi connectivity index (χ2n) is 8.24. The van der Waals surface area contributed by atoms with Crippen molar-refractivity contribution in [2.24, 2.45) is 5.41 Å². The molecule has 29 heavy (non-hydrogen) atoms. The van der Waals surface area contributed by atoms with Crippen molar-refractivity contribution < 1.29 is 13.9 Å². The van der Waals surface area contributed by atoms with Crippen LogP contribution in [-0.4, -0.2) is 60.0 Å². The lowest BCUT2D eigenvalue weighted by Crippen LogP contribution is -2.54. The average molecular weight is 399 g/mol. The lowest BCUT2D eigenvalue weighted by atomic mass is 9.81. The van der Waals surface area contributed by atoms with Gasteiger partial charge in [-0.1, -0.05) is 0 Å². The van der Waals surface area contributed by atoms with Gasteiger partial charge in [-0.05, 0) is 38.5 Å². The van der Waals surface area contributed by atoms with Gasteiger partial charge in [0.25, 0.3) is 5.91 Å². The highest BCUT2D eigenvalue weighted by Crippen LogP contribution is 2.40. The number of halogens is 1. The first-order valence-electron chi connectivity index (χ1n) is 9.89. The van der Waals surface area contributed by atoms with E-state index >= 15 is 0 Å². The topological polar surface area (TPSA) is 70.6 Å². The van der Waals surface area contributed by atoms with Crippen molar-refractivity contribution in [1.29, 1.82) is 0 Å². The lowest BCUT2D eigenvalue weighted by molar-refractivity contribution is 0.0751. The molecule has 0 bridgehead atoms. The maximum Gasteiger partial charge on any atom is 0.257 e. The maximum absolute atomic E-state index is 13.9. The minimum atomic E-state index is -0.485. The molecule has 0 aliphatic carbocycles. The van der Waals surface area contributed by atoms with Gasteiger partial charge in [0, 0.05) is 44.7 Å². The van der Waals surface area contributed by atoms with Gasteiger partial charge < -0.3 is 19.9 Å². The molecule has 0 atom stereocenters. The molecule has 1 aromatic heterocycles. The first kappa shape index (κ1) is 19.6. The maximum atomic E-state index is 13.9. The summed E-state index contributed by atoms with van der Waals surface area (Å²) in [7, 11) is 1.69. The molecular formula is C21H26FN5O2. The number of hydrogen-bond acceptors (Lipinski definition) is 6. The fourth-order valence-electron chi connectivity index (χ4n) is 3.80. The number of ether oxygens (including phenoxy) is 1. The number of aromatic nitrogens is 2. The van der Waals surface area contributed by atoms with Gasteiger partial charge in [-0.25, -0.2) is 14.4 Å². The number of carbonyl (C=O) groups excluding carboxylic acids is 1. The van der Waals surface area contributed by atoms with Crippen LogP contribution in [0.3, 0.4) is 0 Å². The van der Waals surface area contributed by atoms with Gasteiger partial charge in [0.05, 0.1) is 11.8 Å². The fourth-order valence-corrected chi connectivity index (χ4v) is 3.80. The molecule has 1 amide bonds. The molecule has 4 rings (SSSR count). The van der Waals surface area contributed by atoms with Gasteiger partial charge in [0.15, 0.2) is 11.6 Å². The molecule has 2 aromatic rings. The Bertz CT molecular complexity index is 916. The van der Waals surface area contributed by atoms with E-state index in [-0.39, 0.29) is 17.5 Å². The molecule has 3 heterocycles. The fraction of sp³-hybridized carbons (Fsp3) is 0.476. The molecule has 1 spiro atoms. The van der Waals surface area contributed by atoms with E-state index in [0.29, 0.717) is 22.7 Å². The smallest absolute Gasteiger partial charge is 0.257 e. The van der Waals surface area contributed by atoms with Gasteiger partial charge in [0.1, 0.15) is 17.9 Å². The lowest BCUT2D eigenvalue weighted by Gasteiger charge is -2.39. The summed E-state index contributed by atoms with van der Waals surface area (Å²) in [5, 5.41) is 3.35. The van der Waals surface area contributed by atoms with Crippen molar-refractivity contribution in [3.8, 4) is 11.5 Å². The Balaban J connectivity index is 1.63. The summed E-state index contributed by atoms with van der Waals surface area (Å²) in [5.41, 5.74) is 0.483. The van der Waals surface area contributed by atoms with Crippen LogP contribution in [-0.2, 0) is 0 Å². The summed E-state index contributed by atoms with van der Waals surface area (Å²) in [5.74, 6) is 0.669. The van der Waals surface area contributed by atoms with Crippen LogP contribution in [0.1, 0.15) is 30.6 Å². The molecule has 2 fully saturated rings. The van der Waals surface area contributed by atoms with E-state index in [9.17, 15) is 9.18 Å². The highest BCUT2D eigenvalue weighted by Gasteiger charge is 2.43. The van der Waals surface area contributed by atoms with Gasteiger partial charge in [-0.15, -0.1) is 0 Å². The zero-order chi connectivity index (χ0) is 20.6. The van der Waals surface area contributed by atoms with Crippen LogP contribution in [0.15, 0.2) is 30.7 Å². The molecule has 1 N–H and O–H groups in total. The highest BCUT2D eigenvalue weighted by molar-refractivity contribution is 5.97. The second-order valence-corrected chi connectivity index (χ2v) is 8.24. The minimum Gasteiger partial charge on any atom is -0.451 e. The van der Waals surface area contributed by atoms with Crippen LogP contribution in [0, 0.1) is 11.2 Å². The Kier molecular flexibility index (Phi) is 5.12. The Morgan fingerprint density at radius 2 is 2.14 bits per heavy atom. The van der Waals surface area contributed by atoms with Crippen LogP contribution < -0.4 is 15.0 Å². The number of amides is 1. The first-order chi connectivity index (χ1) is 13.9. The molecule has 7 nitrogen and oxygen atoms in total. The zero-order valence-electron chi connectivity index (χ0n) is 17.0. The molecule has 0 unspecified atom stereocenters. The predicted octanol–water partition coefficient (Wildman–Crippen LogP) is 2.69. The van der Waals surface area contributed by atoms with Crippen molar-refractivity contribution in [1.82, 2.24) is 20.2 Å². The van der Waals surface area contributed by atoms with Gasteiger partial charge in [-0.3, -0.25) is 4.79 Å². The number of anilines is 1. The summed E-state index contributed by atoms with van der Waals surface area (Å²) in [6.07, 6.45) is 4.19. The van der Waals surface area contributed by atoms with E-state index in [2.05, 4.69) is 20.2 Å². The number of benzene rings is 1. The van der Waals surface area contributed by atoms with Gasteiger partial charge in [0.2, 0.25) is 0 Å². The molecule has 8 heteroatoms. The van der Waals surface area contributed by atoms with Gasteiger partial charge in [-0.2, -0.15) is 0 Å². The van der Waals surface area contributed by atoms with Crippen molar-refractivity contribution in [2.45, 2.75) is 26.3 Å². The SMILES string of the molecule is CC(C)N(C)C(=O)c1cc(F)ccc1Oc1cncnc1N1CCC2(CNC2)C1. The normalized spacial score (nSPS) is 17.5. The van der Waals surface area contributed by atoms with E-state index in [0.717, 1.165) is 32.6 Å². The zero-order valence-corrected chi connectivity index (χ0v) is 17.0. The Hall–Kier alpha value is -2.74. The largest absolute Gasteiger partial charge is 0.451 e. The Labute approximate surface area is 169 Å². The number of nitrogens with zero attached hydrogens (tertiary/aromatic N) is 4. The summed E-state index contributed by atoms with van der Waals surface area (Å²) in [6, 6.07) is 3.96. The van der Waals surface area contributed by atoms with Crippen LogP contribution in [0.4, 0.5) is 10.2 Å². The minimum absolute atomic E-state index is 0.0221. The summed E-state index contributed by atoms with van der Waals surface area (Å²) in [4.78, 5) is 25.1. The third-order valence-corrected chi connectivity index (χ3v) is 5.88.